The second-order valence-corrected chi connectivity index (χ2v) is 6.13. The van der Waals surface area contributed by atoms with Crippen molar-refractivity contribution in [3.8, 4) is 0 Å². The number of carbonyl (C=O) groups is 1. The predicted octanol–water partition coefficient (Wildman–Crippen LogP) is 3.23. The summed E-state index contributed by atoms with van der Waals surface area (Å²) in [6.07, 6.45) is 0.731. The third kappa shape index (κ3) is 3.51. The first kappa shape index (κ1) is 16.6. The second kappa shape index (κ2) is 6.54. The second-order valence-electron chi connectivity index (χ2n) is 5.21. The number of amides is 1. The molecule has 0 aliphatic heterocycles. The van der Waals surface area contributed by atoms with Crippen LogP contribution in [0.5, 0.6) is 0 Å². The lowest BCUT2D eigenvalue weighted by atomic mass is 9.95. The molecule has 1 atom stereocenters. The molecule has 1 amide bonds. The molecule has 2 aromatic rings. The smallest absolute Gasteiger partial charge is 0.261 e. The van der Waals surface area contributed by atoms with E-state index in [4.69, 9.17) is 0 Å². The van der Waals surface area contributed by atoms with E-state index in [0.29, 0.717) is 10.9 Å². The Labute approximate surface area is 131 Å². The molecule has 0 aliphatic rings. The fourth-order valence-corrected chi connectivity index (χ4v) is 3.08. The van der Waals surface area contributed by atoms with Crippen molar-refractivity contribution < 1.29 is 18.7 Å². The van der Waals surface area contributed by atoms with E-state index in [1.807, 2.05) is 18.4 Å². The molecule has 1 aromatic heterocycles. The zero-order chi connectivity index (χ0) is 16.3. The van der Waals surface area contributed by atoms with Gasteiger partial charge in [0.05, 0.1) is 11.4 Å². The molecule has 3 nitrogen and oxygen atoms in total. The van der Waals surface area contributed by atoms with Crippen LogP contribution in [0.1, 0.15) is 34.6 Å². The minimum absolute atomic E-state index is 0.0592. The molecule has 0 bridgehead atoms. The van der Waals surface area contributed by atoms with Crippen molar-refractivity contribution >= 4 is 17.2 Å². The molecule has 1 unspecified atom stereocenters. The molecule has 0 fully saturated rings. The van der Waals surface area contributed by atoms with Crippen LogP contribution in [0.3, 0.4) is 0 Å². The molecule has 0 spiro atoms. The third-order valence-electron chi connectivity index (χ3n) is 3.44. The molecule has 22 heavy (non-hydrogen) atoms. The first-order valence-corrected chi connectivity index (χ1v) is 7.75. The highest BCUT2D eigenvalue weighted by atomic mass is 32.1. The summed E-state index contributed by atoms with van der Waals surface area (Å²) in [5.74, 6) is -1.87. The van der Waals surface area contributed by atoms with Gasteiger partial charge >= 0.3 is 0 Å². The molecule has 6 heteroatoms. The fraction of sp³-hybridized carbons (Fsp3) is 0.312. The van der Waals surface area contributed by atoms with Gasteiger partial charge in [-0.3, -0.25) is 4.79 Å². The van der Waals surface area contributed by atoms with Crippen LogP contribution in [0.4, 0.5) is 8.78 Å². The van der Waals surface area contributed by atoms with Crippen LogP contribution in [-0.4, -0.2) is 17.6 Å². The fourth-order valence-electron chi connectivity index (χ4n) is 2.17. The van der Waals surface area contributed by atoms with Gasteiger partial charge in [0.25, 0.3) is 5.91 Å². The summed E-state index contributed by atoms with van der Waals surface area (Å²) in [5.41, 5.74) is -0.761. The average molecular weight is 325 g/mol. The highest BCUT2D eigenvalue weighted by molar-refractivity contribution is 7.12. The summed E-state index contributed by atoms with van der Waals surface area (Å²) in [5, 5.41) is 14.8. The number of halogens is 2. The normalized spacial score (nSPS) is 13.7. The van der Waals surface area contributed by atoms with Crippen molar-refractivity contribution in [3.05, 3.63) is 57.3 Å². The zero-order valence-electron chi connectivity index (χ0n) is 12.3. The zero-order valence-corrected chi connectivity index (χ0v) is 13.1. The van der Waals surface area contributed by atoms with Crippen LogP contribution in [0.15, 0.2) is 29.6 Å². The Morgan fingerprint density at radius 3 is 2.73 bits per heavy atom. The molecular weight excluding hydrogens is 308 g/mol. The summed E-state index contributed by atoms with van der Waals surface area (Å²) < 4.78 is 26.7. The Bertz CT molecular complexity index is 683. The molecule has 2 N–H and O–H groups in total. The number of aryl methyl sites for hydroxylation is 1. The number of rotatable bonds is 5. The number of nitrogens with one attached hydrogen (secondary N) is 1. The number of aliphatic hydroxyl groups is 1. The number of carbonyl (C=O) groups excluding carboxylic acids is 1. The van der Waals surface area contributed by atoms with Crippen molar-refractivity contribution in [2.75, 3.05) is 6.54 Å². The quantitative estimate of drug-likeness (QED) is 0.887. The lowest BCUT2D eigenvalue weighted by molar-refractivity contribution is 0.0495. The van der Waals surface area contributed by atoms with E-state index in [1.165, 1.54) is 24.3 Å². The van der Waals surface area contributed by atoms with Crippen molar-refractivity contribution in [1.82, 2.24) is 5.32 Å². The highest BCUT2D eigenvalue weighted by Gasteiger charge is 2.28. The van der Waals surface area contributed by atoms with Crippen LogP contribution >= 0.6 is 11.3 Å². The van der Waals surface area contributed by atoms with Gasteiger partial charge < -0.3 is 10.4 Å². The molecule has 0 radical (unpaired) electrons. The van der Waals surface area contributed by atoms with Crippen molar-refractivity contribution in [3.63, 3.8) is 0 Å². The lowest BCUT2D eigenvalue weighted by Crippen LogP contribution is -2.39. The molecule has 0 aliphatic carbocycles. The predicted molar refractivity (Wildman–Crippen MR) is 82.0 cm³/mol. The summed E-state index contributed by atoms with van der Waals surface area (Å²) in [4.78, 5) is 12.7. The maximum absolute atomic E-state index is 13.8. The van der Waals surface area contributed by atoms with Crippen LogP contribution in [0, 0.1) is 11.6 Å². The monoisotopic (exact) mass is 325 g/mol. The standard InChI is InChI=1S/C16H17F2NO2S/c1-3-10-6-7-22-14(10)15(20)19-9-16(2,21)12-5-4-11(17)8-13(12)18/h4-8,21H,3,9H2,1-2H3,(H,19,20). The third-order valence-corrected chi connectivity index (χ3v) is 4.39. The van der Waals surface area contributed by atoms with Crippen LogP contribution < -0.4 is 5.32 Å². The Morgan fingerprint density at radius 2 is 2.09 bits per heavy atom. The molecule has 1 heterocycles. The molecule has 1 aromatic carbocycles. The summed E-state index contributed by atoms with van der Waals surface area (Å²) in [6, 6.07) is 4.83. The van der Waals surface area contributed by atoms with Gasteiger partial charge in [-0.1, -0.05) is 13.0 Å². The van der Waals surface area contributed by atoms with Crippen molar-refractivity contribution in [1.29, 1.82) is 0 Å². The van der Waals surface area contributed by atoms with E-state index >= 15 is 0 Å². The van der Waals surface area contributed by atoms with Crippen LogP contribution in [-0.2, 0) is 12.0 Å². The molecular formula is C16H17F2NO2S. The van der Waals surface area contributed by atoms with Gasteiger partial charge in [0, 0.05) is 11.6 Å². The van der Waals surface area contributed by atoms with Crippen molar-refractivity contribution in [2.45, 2.75) is 25.9 Å². The Kier molecular flexibility index (Phi) is 4.93. The summed E-state index contributed by atoms with van der Waals surface area (Å²) in [7, 11) is 0. The summed E-state index contributed by atoms with van der Waals surface area (Å²) >= 11 is 1.32. The van der Waals surface area contributed by atoms with E-state index in [1.54, 1.807) is 0 Å². The molecule has 118 valence electrons. The maximum atomic E-state index is 13.8. The minimum Gasteiger partial charge on any atom is -0.383 e. The van der Waals surface area contributed by atoms with Gasteiger partial charge in [0.2, 0.25) is 0 Å². The van der Waals surface area contributed by atoms with Crippen LogP contribution in [0.25, 0.3) is 0 Å². The molecule has 0 saturated carbocycles. The van der Waals surface area contributed by atoms with Gasteiger partial charge in [0.15, 0.2) is 0 Å². The highest BCUT2D eigenvalue weighted by Crippen LogP contribution is 2.24. The van der Waals surface area contributed by atoms with E-state index in [9.17, 15) is 18.7 Å². The van der Waals surface area contributed by atoms with Crippen LogP contribution in [0.2, 0.25) is 0 Å². The SMILES string of the molecule is CCc1ccsc1C(=O)NCC(C)(O)c1ccc(F)cc1F. The number of thiophene rings is 1. The van der Waals surface area contributed by atoms with Crippen molar-refractivity contribution in [2.24, 2.45) is 0 Å². The van der Waals surface area contributed by atoms with Gasteiger partial charge in [-0.25, -0.2) is 8.78 Å². The first-order valence-electron chi connectivity index (χ1n) is 6.87. The number of hydrogen-bond acceptors (Lipinski definition) is 3. The molecule has 0 saturated heterocycles. The van der Waals surface area contributed by atoms with Gasteiger partial charge in [0.1, 0.15) is 17.2 Å². The maximum Gasteiger partial charge on any atom is 0.261 e. The van der Waals surface area contributed by atoms with Gasteiger partial charge in [-0.2, -0.15) is 0 Å². The first-order chi connectivity index (χ1) is 10.3. The molecule has 2 rings (SSSR count). The Balaban J connectivity index is 2.11. The Morgan fingerprint density at radius 1 is 1.36 bits per heavy atom. The number of hydrogen-bond donors (Lipinski definition) is 2. The largest absolute Gasteiger partial charge is 0.383 e. The lowest BCUT2D eigenvalue weighted by Gasteiger charge is -2.24. The van der Waals surface area contributed by atoms with E-state index < -0.39 is 17.2 Å². The van der Waals surface area contributed by atoms with E-state index in [0.717, 1.165) is 18.1 Å². The Hall–Kier alpha value is -1.79. The average Bonchev–Trinajstić information content (AvgIpc) is 2.93. The summed E-state index contributed by atoms with van der Waals surface area (Å²) in [6.45, 7) is 3.15. The van der Waals surface area contributed by atoms with E-state index in [2.05, 4.69) is 5.32 Å². The van der Waals surface area contributed by atoms with Gasteiger partial charge in [-0.05, 0) is 36.4 Å². The van der Waals surface area contributed by atoms with E-state index in [-0.39, 0.29) is 18.0 Å². The van der Waals surface area contributed by atoms with Gasteiger partial charge in [-0.15, -0.1) is 11.3 Å². The number of benzene rings is 1. The topological polar surface area (TPSA) is 49.3 Å². The minimum atomic E-state index is -1.63.